The molecule has 0 aliphatic rings. The summed E-state index contributed by atoms with van der Waals surface area (Å²) in [6.07, 6.45) is 0.146. The molecule has 82 valence electrons. The summed E-state index contributed by atoms with van der Waals surface area (Å²) in [7, 11) is 0. The largest absolute Gasteiger partial charge is 0.478 e. The molecule has 1 unspecified atom stereocenters. The molecule has 5 heteroatoms. The van der Waals surface area contributed by atoms with Gasteiger partial charge in [-0.1, -0.05) is 13.0 Å². The lowest BCUT2D eigenvalue weighted by Gasteiger charge is -2.14. The van der Waals surface area contributed by atoms with Crippen molar-refractivity contribution in [1.82, 2.24) is 0 Å². The van der Waals surface area contributed by atoms with Gasteiger partial charge < -0.3 is 15.6 Å². The minimum Gasteiger partial charge on any atom is -0.478 e. The fraction of sp³-hybridized carbons (Fsp3) is 0.300. The van der Waals surface area contributed by atoms with Gasteiger partial charge in [0.05, 0.1) is 11.3 Å². The number of aromatic carboxylic acids is 1. The van der Waals surface area contributed by atoms with Gasteiger partial charge in [-0.3, -0.25) is 5.73 Å². The number of hydrogen-bond donors (Lipinski definition) is 3. The van der Waals surface area contributed by atoms with E-state index in [1.54, 1.807) is 12.1 Å². The van der Waals surface area contributed by atoms with Crippen LogP contribution in [0.3, 0.4) is 0 Å². The fourth-order valence-electron chi connectivity index (χ4n) is 1.08. The quantitative estimate of drug-likeness (QED) is 0.509. The second kappa shape index (κ2) is 4.65. The normalized spacial score (nSPS) is 12.1. The highest BCUT2D eigenvalue weighted by atomic mass is 16.5. The number of carboxylic acids is 1. The zero-order valence-corrected chi connectivity index (χ0v) is 8.43. The molecule has 1 aromatic rings. The van der Waals surface area contributed by atoms with E-state index in [1.165, 1.54) is 6.07 Å². The van der Waals surface area contributed by atoms with Gasteiger partial charge in [-0.2, -0.15) is 0 Å². The lowest BCUT2D eigenvalue weighted by atomic mass is 10.1. The van der Waals surface area contributed by atoms with Crippen molar-refractivity contribution in [3.63, 3.8) is 0 Å². The minimum absolute atomic E-state index is 0.0239. The average molecular weight is 210 g/mol. The molecule has 0 radical (unpaired) electrons. The minimum atomic E-state index is -1.08. The van der Waals surface area contributed by atoms with E-state index in [4.69, 9.17) is 21.3 Å². The van der Waals surface area contributed by atoms with E-state index < -0.39 is 12.2 Å². The first-order valence-corrected chi connectivity index (χ1v) is 4.60. The monoisotopic (exact) mass is 210 g/mol. The van der Waals surface area contributed by atoms with Gasteiger partial charge in [-0.15, -0.1) is 0 Å². The first-order chi connectivity index (χ1) is 7.06. The smallest absolute Gasteiger partial charge is 0.337 e. The third-order valence-electron chi connectivity index (χ3n) is 1.98. The summed E-state index contributed by atoms with van der Waals surface area (Å²) < 4.78 is 5.27. The van der Waals surface area contributed by atoms with Gasteiger partial charge in [0.25, 0.3) is 0 Å². The van der Waals surface area contributed by atoms with E-state index >= 15 is 0 Å². The van der Waals surface area contributed by atoms with Gasteiger partial charge in [0.2, 0.25) is 0 Å². The van der Waals surface area contributed by atoms with Crippen LogP contribution in [0.15, 0.2) is 18.2 Å². The van der Waals surface area contributed by atoms with E-state index in [1.807, 2.05) is 6.92 Å². The number of para-hydroxylation sites is 1. The Bertz CT molecular complexity index is 366. The Hall–Kier alpha value is -1.75. The van der Waals surface area contributed by atoms with Crippen molar-refractivity contribution in [2.75, 3.05) is 5.73 Å². The molecular formula is C10H14N2O3. The van der Waals surface area contributed by atoms with Crippen LogP contribution in [0.4, 0.5) is 5.69 Å². The van der Waals surface area contributed by atoms with E-state index in [0.717, 1.165) is 0 Å². The van der Waals surface area contributed by atoms with Gasteiger partial charge >= 0.3 is 5.97 Å². The van der Waals surface area contributed by atoms with Crippen molar-refractivity contribution in [3.05, 3.63) is 23.8 Å². The zero-order chi connectivity index (χ0) is 11.4. The molecule has 0 saturated carbocycles. The van der Waals surface area contributed by atoms with Crippen molar-refractivity contribution < 1.29 is 14.6 Å². The molecular weight excluding hydrogens is 196 g/mol. The molecule has 1 aromatic carbocycles. The van der Waals surface area contributed by atoms with Crippen molar-refractivity contribution in [2.24, 2.45) is 5.73 Å². The van der Waals surface area contributed by atoms with Crippen LogP contribution in [0, 0.1) is 0 Å². The number of carbonyl (C=O) groups is 1. The van der Waals surface area contributed by atoms with Crippen LogP contribution in [0.25, 0.3) is 0 Å². The van der Waals surface area contributed by atoms with Crippen LogP contribution < -0.4 is 16.2 Å². The molecule has 0 aliphatic heterocycles. The van der Waals surface area contributed by atoms with Crippen molar-refractivity contribution in [2.45, 2.75) is 19.6 Å². The lowest BCUT2D eigenvalue weighted by molar-refractivity contribution is 0.0697. The van der Waals surface area contributed by atoms with Gasteiger partial charge in [-0.05, 0) is 18.6 Å². The number of nitrogens with two attached hydrogens (primary N) is 2. The molecule has 0 spiro atoms. The number of ether oxygens (including phenoxy) is 1. The van der Waals surface area contributed by atoms with Crippen LogP contribution in [-0.2, 0) is 0 Å². The Morgan fingerprint density at radius 3 is 2.80 bits per heavy atom. The number of hydrogen-bond acceptors (Lipinski definition) is 4. The summed E-state index contributed by atoms with van der Waals surface area (Å²) in [6.45, 7) is 1.86. The molecule has 0 aliphatic carbocycles. The Morgan fingerprint density at radius 2 is 2.27 bits per heavy atom. The molecule has 15 heavy (non-hydrogen) atoms. The zero-order valence-electron chi connectivity index (χ0n) is 8.43. The van der Waals surface area contributed by atoms with Crippen molar-refractivity contribution in [3.8, 4) is 5.75 Å². The van der Waals surface area contributed by atoms with Crippen LogP contribution >= 0.6 is 0 Å². The van der Waals surface area contributed by atoms with E-state index in [2.05, 4.69) is 0 Å². The molecule has 5 nitrogen and oxygen atoms in total. The maximum absolute atomic E-state index is 10.8. The Morgan fingerprint density at radius 1 is 1.60 bits per heavy atom. The molecule has 5 N–H and O–H groups in total. The summed E-state index contributed by atoms with van der Waals surface area (Å²) in [5.74, 6) is -0.771. The van der Waals surface area contributed by atoms with Gasteiger partial charge in [0, 0.05) is 0 Å². The van der Waals surface area contributed by atoms with E-state index in [9.17, 15) is 4.79 Å². The number of anilines is 1. The molecule has 0 bridgehead atoms. The van der Waals surface area contributed by atoms with Crippen LogP contribution in [0.2, 0.25) is 0 Å². The third-order valence-corrected chi connectivity index (χ3v) is 1.98. The van der Waals surface area contributed by atoms with Crippen molar-refractivity contribution >= 4 is 11.7 Å². The Balaban J connectivity index is 2.99. The van der Waals surface area contributed by atoms with Crippen LogP contribution in [-0.4, -0.2) is 17.3 Å². The number of rotatable bonds is 4. The highest BCUT2D eigenvalue weighted by Crippen LogP contribution is 2.25. The van der Waals surface area contributed by atoms with E-state index in [-0.39, 0.29) is 11.3 Å². The van der Waals surface area contributed by atoms with Crippen LogP contribution in [0.5, 0.6) is 5.75 Å². The summed E-state index contributed by atoms with van der Waals surface area (Å²) in [4.78, 5) is 10.8. The lowest BCUT2D eigenvalue weighted by Crippen LogP contribution is -2.26. The molecule has 0 heterocycles. The second-order valence-corrected chi connectivity index (χ2v) is 3.09. The van der Waals surface area contributed by atoms with Crippen molar-refractivity contribution in [1.29, 1.82) is 0 Å². The topological polar surface area (TPSA) is 98.6 Å². The first-order valence-electron chi connectivity index (χ1n) is 4.60. The molecule has 1 atom stereocenters. The molecule has 0 saturated heterocycles. The Labute approximate surface area is 87.6 Å². The Kier molecular flexibility index (Phi) is 3.51. The SMILES string of the molecule is CCC(N)Oc1cccc(C(=O)O)c1N. The fourth-order valence-corrected chi connectivity index (χ4v) is 1.08. The number of nitrogen functional groups attached to an aromatic ring is 1. The maximum Gasteiger partial charge on any atom is 0.337 e. The van der Waals surface area contributed by atoms with E-state index in [0.29, 0.717) is 12.2 Å². The maximum atomic E-state index is 10.8. The summed E-state index contributed by atoms with van der Waals surface area (Å²) in [5, 5.41) is 8.81. The average Bonchev–Trinajstić information content (AvgIpc) is 2.20. The molecule has 0 amide bonds. The van der Waals surface area contributed by atoms with Gasteiger partial charge in [0.1, 0.15) is 12.0 Å². The molecule has 1 rings (SSSR count). The highest BCUT2D eigenvalue weighted by Gasteiger charge is 2.13. The second-order valence-electron chi connectivity index (χ2n) is 3.09. The first kappa shape index (κ1) is 11.3. The summed E-state index contributed by atoms with van der Waals surface area (Å²) in [5.41, 5.74) is 11.3. The third kappa shape index (κ3) is 2.60. The molecule has 0 fully saturated rings. The molecule has 0 aromatic heterocycles. The van der Waals surface area contributed by atoms with Gasteiger partial charge in [-0.25, -0.2) is 4.79 Å². The predicted molar refractivity (Wildman–Crippen MR) is 56.7 cm³/mol. The summed E-state index contributed by atoms with van der Waals surface area (Å²) >= 11 is 0. The highest BCUT2D eigenvalue weighted by molar-refractivity contribution is 5.95. The van der Waals surface area contributed by atoms with Crippen LogP contribution in [0.1, 0.15) is 23.7 Å². The number of benzene rings is 1. The van der Waals surface area contributed by atoms with Gasteiger partial charge in [0.15, 0.2) is 0 Å². The predicted octanol–water partition coefficient (Wildman–Crippen LogP) is 1.04. The number of carboxylic acid groups (broad SMARTS) is 1. The summed E-state index contributed by atoms with van der Waals surface area (Å²) in [6, 6.07) is 4.58. The standard InChI is InChI=1S/C10H14N2O3/c1-2-8(11)15-7-5-3-4-6(9(7)12)10(13)14/h3-5,8H,2,11-12H2,1H3,(H,13,14).